The van der Waals surface area contributed by atoms with E-state index in [4.69, 9.17) is 4.74 Å². The number of piperidine rings is 1. The van der Waals surface area contributed by atoms with Gasteiger partial charge in [-0.1, -0.05) is 60.7 Å². The van der Waals surface area contributed by atoms with Crippen molar-refractivity contribution in [1.29, 1.82) is 0 Å². The number of carbonyl (C=O) groups is 2. The number of ketones is 1. The lowest BCUT2D eigenvalue weighted by molar-refractivity contribution is -0.153. The Kier molecular flexibility index (Phi) is 6.96. The minimum absolute atomic E-state index is 0. The van der Waals surface area contributed by atoms with Crippen molar-refractivity contribution >= 4 is 24.2 Å². The minimum Gasteiger partial charge on any atom is -0.434 e. The van der Waals surface area contributed by atoms with E-state index in [0.29, 0.717) is 25.4 Å². The largest absolute Gasteiger partial charge is 0.434 e. The van der Waals surface area contributed by atoms with Gasteiger partial charge in [0.2, 0.25) is 5.72 Å². The average molecular weight is 456 g/mol. The third kappa shape index (κ3) is 3.97. The topological polar surface area (TPSA) is 70.7 Å². The SMILES string of the molecule is Cl.O=C(CC1CCNCC1)C1CNCC2C(=O)OC(c3ccccc3)(c3ccccc3)N12. The number of ether oxygens (including phenoxy) is 1. The summed E-state index contributed by atoms with van der Waals surface area (Å²) in [5, 5.41) is 6.69. The van der Waals surface area contributed by atoms with E-state index in [1.807, 2.05) is 60.7 Å². The van der Waals surface area contributed by atoms with E-state index in [2.05, 4.69) is 15.5 Å². The van der Waals surface area contributed by atoms with Gasteiger partial charge in [-0.05, 0) is 31.8 Å². The molecule has 3 aliphatic heterocycles. The number of nitrogens with one attached hydrogen (secondary N) is 2. The third-order valence-electron chi connectivity index (χ3n) is 6.88. The first kappa shape index (κ1) is 22.9. The highest BCUT2D eigenvalue weighted by Crippen LogP contribution is 2.46. The number of rotatable bonds is 5. The number of piperazine rings is 1. The predicted molar refractivity (Wildman–Crippen MR) is 125 cm³/mol. The van der Waals surface area contributed by atoms with Crippen molar-refractivity contribution in [1.82, 2.24) is 15.5 Å². The fraction of sp³-hybridized carbons (Fsp3) is 0.440. The average Bonchev–Trinajstić information content (AvgIpc) is 3.14. The van der Waals surface area contributed by atoms with E-state index in [-0.39, 0.29) is 24.2 Å². The van der Waals surface area contributed by atoms with Gasteiger partial charge >= 0.3 is 5.97 Å². The van der Waals surface area contributed by atoms with Crippen LogP contribution in [0.1, 0.15) is 30.4 Å². The molecule has 3 aliphatic rings. The van der Waals surface area contributed by atoms with Crippen LogP contribution in [0.5, 0.6) is 0 Å². The van der Waals surface area contributed by atoms with Gasteiger partial charge < -0.3 is 15.4 Å². The Labute approximate surface area is 195 Å². The van der Waals surface area contributed by atoms with Crippen LogP contribution < -0.4 is 10.6 Å². The van der Waals surface area contributed by atoms with Crippen molar-refractivity contribution in [3.05, 3.63) is 71.8 Å². The molecule has 170 valence electrons. The van der Waals surface area contributed by atoms with E-state index in [1.165, 1.54) is 0 Å². The fourth-order valence-electron chi connectivity index (χ4n) is 5.36. The van der Waals surface area contributed by atoms with Gasteiger partial charge in [0.25, 0.3) is 0 Å². The van der Waals surface area contributed by atoms with E-state index < -0.39 is 17.8 Å². The Balaban J connectivity index is 0.00000245. The predicted octanol–water partition coefficient (Wildman–Crippen LogP) is 2.47. The maximum absolute atomic E-state index is 13.6. The van der Waals surface area contributed by atoms with Crippen LogP contribution >= 0.6 is 12.4 Å². The number of nitrogens with zero attached hydrogens (tertiary/aromatic N) is 1. The molecule has 7 heteroatoms. The first-order valence-electron chi connectivity index (χ1n) is 11.3. The van der Waals surface area contributed by atoms with Crippen molar-refractivity contribution in [3.63, 3.8) is 0 Å². The summed E-state index contributed by atoms with van der Waals surface area (Å²) in [6, 6.07) is 18.8. The van der Waals surface area contributed by atoms with Gasteiger partial charge in [0.1, 0.15) is 6.04 Å². The number of carbonyl (C=O) groups excluding carboxylic acids is 2. The first-order chi connectivity index (χ1) is 15.2. The number of benzene rings is 2. The maximum Gasteiger partial charge on any atom is 0.327 e. The van der Waals surface area contributed by atoms with Gasteiger partial charge in [0.05, 0.1) is 6.04 Å². The number of Topliss-reactive ketones (excluding diaryl/α,β-unsaturated/α-hetero) is 1. The Hall–Kier alpha value is -2.25. The molecular weight excluding hydrogens is 426 g/mol. The molecule has 3 saturated heterocycles. The maximum atomic E-state index is 13.6. The van der Waals surface area contributed by atoms with E-state index in [1.54, 1.807) is 0 Å². The molecule has 5 rings (SSSR count). The molecule has 0 radical (unpaired) electrons. The molecule has 0 amide bonds. The van der Waals surface area contributed by atoms with Crippen LogP contribution in [0, 0.1) is 5.92 Å². The number of hydrogen-bond donors (Lipinski definition) is 2. The smallest absolute Gasteiger partial charge is 0.327 e. The molecule has 3 fully saturated rings. The third-order valence-corrected chi connectivity index (χ3v) is 6.88. The molecule has 6 nitrogen and oxygen atoms in total. The summed E-state index contributed by atoms with van der Waals surface area (Å²) in [5.74, 6) is 0.314. The summed E-state index contributed by atoms with van der Waals surface area (Å²) >= 11 is 0. The zero-order chi connectivity index (χ0) is 21.3. The number of cyclic esters (lactones) is 1. The van der Waals surface area contributed by atoms with Crippen LogP contribution in [-0.2, 0) is 20.1 Å². The second-order valence-corrected chi connectivity index (χ2v) is 8.76. The molecule has 3 heterocycles. The van der Waals surface area contributed by atoms with Crippen LogP contribution in [0.4, 0.5) is 0 Å². The van der Waals surface area contributed by atoms with Gasteiger partial charge in [0.15, 0.2) is 5.78 Å². The number of fused-ring (bicyclic) bond motifs is 1. The highest BCUT2D eigenvalue weighted by molar-refractivity contribution is 5.88. The van der Waals surface area contributed by atoms with Gasteiger partial charge in [-0.3, -0.25) is 9.59 Å². The summed E-state index contributed by atoms with van der Waals surface area (Å²) in [5.41, 5.74) is 0.651. The molecule has 2 aromatic rings. The molecule has 0 aliphatic carbocycles. The monoisotopic (exact) mass is 455 g/mol. The standard InChI is InChI=1S/C25H29N3O3.ClH/c29-23(15-18-11-13-26-14-12-18)21-16-27-17-22-24(30)31-25(28(21)22,19-7-3-1-4-8-19)20-9-5-2-6-10-20;/h1-10,18,21-22,26-27H,11-17H2;1H. The van der Waals surface area contributed by atoms with Gasteiger partial charge in [-0.15, -0.1) is 12.4 Å². The summed E-state index contributed by atoms with van der Waals surface area (Å²) in [6.07, 6.45) is 2.59. The van der Waals surface area contributed by atoms with Gasteiger partial charge in [0, 0.05) is 30.6 Å². The second kappa shape index (κ2) is 9.71. The summed E-state index contributed by atoms with van der Waals surface area (Å²) in [6.45, 7) is 2.94. The Bertz CT molecular complexity index is 894. The molecule has 0 spiro atoms. The molecule has 32 heavy (non-hydrogen) atoms. The quantitative estimate of drug-likeness (QED) is 0.675. The first-order valence-corrected chi connectivity index (χ1v) is 11.3. The molecule has 0 saturated carbocycles. The molecular formula is C25H30ClN3O3. The normalized spacial score (nSPS) is 25.4. The second-order valence-electron chi connectivity index (χ2n) is 8.76. The Morgan fingerprint density at radius 3 is 2.12 bits per heavy atom. The highest BCUT2D eigenvalue weighted by Gasteiger charge is 2.60. The number of hydrogen-bond acceptors (Lipinski definition) is 6. The lowest BCUT2D eigenvalue weighted by Crippen LogP contribution is -2.64. The van der Waals surface area contributed by atoms with Crippen LogP contribution in [-0.4, -0.2) is 54.9 Å². The lowest BCUT2D eigenvalue weighted by Gasteiger charge is -2.45. The zero-order valence-corrected chi connectivity index (χ0v) is 18.9. The molecule has 2 aromatic carbocycles. The van der Waals surface area contributed by atoms with Gasteiger partial charge in [-0.25, -0.2) is 4.90 Å². The number of esters is 1. The number of halogens is 1. The van der Waals surface area contributed by atoms with Crippen molar-refractivity contribution in [2.24, 2.45) is 5.92 Å². The van der Waals surface area contributed by atoms with Gasteiger partial charge in [-0.2, -0.15) is 0 Å². The molecule has 2 atom stereocenters. The van der Waals surface area contributed by atoms with Crippen molar-refractivity contribution in [2.45, 2.75) is 37.1 Å². The zero-order valence-electron chi connectivity index (χ0n) is 18.0. The molecule has 0 bridgehead atoms. The summed E-state index contributed by atoms with van der Waals surface area (Å²) < 4.78 is 6.22. The summed E-state index contributed by atoms with van der Waals surface area (Å²) in [4.78, 5) is 28.8. The van der Waals surface area contributed by atoms with Crippen LogP contribution in [0.3, 0.4) is 0 Å². The lowest BCUT2D eigenvalue weighted by atomic mass is 9.86. The van der Waals surface area contributed by atoms with Crippen LogP contribution in [0.25, 0.3) is 0 Å². The van der Waals surface area contributed by atoms with E-state index in [0.717, 1.165) is 37.1 Å². The molecule has 2 N–H and O–H groups in total. The van der Waals surface area contributed by atoms with Crippen LogP contribution in [0.2, 0.25) is 0 Å². The minimum atomic E-state index is -1.10. The molecule has 2 unspecified atom stereocenters. The Morgan fingerprint density at radius 2 is 1.53 bits per heavy atom. The molecule has 0 aromatic heterocycles. The summed E-state index contributed by atoms with van der Waals surface area (Å²) in [7, 11) is 0. The van der Waals surface area contributed by atoms with E-state index >= 15 is 0 Å². The van der Waals surface area contributed by atoms with E-state index in [9.17, 15) is 9.59 Å². The highest BCUT2D eigenvalue weighted by atomic mass is 35.5. The fourth-order valence-corrected chi connectivity index (χ4v) is 5.36. The van der Waals surface area contributed by atoms with Crippen molar-refractivity contribution < 1.29 is 14.3 Å². The van der Waals surface area contributed by atoms with Crippen LogP contribution in [0.15, 0.2) is 60.7 Å². The Morgan fingerprint density at radius 1 is 0.938 bits per heavy atom. The van der Waals surface area contributed by atoms with Crippen molar-refractivity contribution in [3.8, 4) is 0 Å². The van der Waals surface area contributed by atoms with Crippen molar-refractivity contribution in [2.75, 3.05) is 26.2 Å².